The number of amides is 1. The minimum Gasteiger partial charge on any atom is -0.480 e. The first-order chi connectivity index (χ1) is 9.50. The molecular formula is C14H17BrN2O3. The Morgan fingerprint density at radius 2 is 2.00 bits per heavy atom. The monoisotopic (exact) mass is 340 g/mol. The number of aliphatic carboxylic acids is 1. The third kappa shape index (κ3) is 3.12. The fourth-order valence-corrected chi connectivity index (χ4v) is 3.32. The van der Waals surface area contributed by atoms with Gasteiger partial charge < -0.3 is 15.7 Å². The van der Waals surface area contributed by atoms with E-state index >= 15 is 0 Å². The molecule has 0 saturated heterocycles. The first-order valence-electron chi connectivity index (χ1n) is 6.57. The van der Waals surface area contributed by atoms with Gasteiger partial charge in [0.1, 0.15) is 6.54 Å². The van der Waals surface area contributed by atoms with Crippen LogP contribution < -0.4 is 10.6 Å². The number of benzene rings is 1. The fourth-order valence-electron chi connectivity index (χ4n) is 2.77. The largest absolute Gasteiger partial charge is 0.480 e. The number of hydrogen-bond acceptors (Lipinski definition) is 3. The van der Waals surface area contributed by atoms with E-state index in [2.05, 4.69) is 15.9 Å². The Hall–Kier alpha value is -1.56. The van der Waals surface area contributed by atoms with E-state index in [0.717, 1.165) is 25.7 Å². The minimum absolute atomic E-state index is 0.124. The summed E-state index contributed by atoms with van der Waals surface area (Å²) in [7, 11) is 0. The van der Waals surface area contributed by atoms with Crippen LogP contribution in [-0.4, -0.2) is 29.6 Å². The zero-order chi connectivity index (χ0) is 14.7. The van der Waals surface area contributed by atoms with Gasteiger partial charge in [-0.2, -0.15) is 0 Å². The number of carbonyl (C=O) groups excluding carboxylic acids is 1. The van der Waals surface area contributed by atoms with Crippen molar-refractivity contribution in [3.63, 3.8) is 0 Å². The number of halogens is 1. The van der Waals surface area contributed by atoms with Crippen LogP contribution in [0, 0.1) is 0 Å². The molecule has 1 saturated carbocycles. The Kier molecular flexibility index (Phi) is 4.65. The number of hydrogen-bond donors (Lipinski definition) is 2. The summed E-state index contributed by atoms with van der Waals surface area (Å²) in [6.07, 6.45) is 4.05. The highest BCUT2D eigenvalue weighted by molar-refractivity contribution is 9.10. The predicted molar refractivity (Wildman–Crippen MR) is 79.9 cm³/mol. The standard InChI is InChI=1S/C14H17BrN2O3/c15-10-6-3-7-11(13(10)14(16)20)17(8-12(18)19)9-4-1-2-5-9/h3,6-7,9H,1-2,4-5,8H2,(H2,16,20)(H,18,19). The summed E-state index contributed by atoms with van der Waals surface area (Å²) in [5, 5.41) is 9.13. The third-order valence-electron chi connectivity index (χ3n) is 3.62. The molecule has 20 heavy (non-hydrogen) atoms. The van der Waals surface area contributed by atoms with Gasteiger partial charge in [-0.05, 0) is 40.9 Å². The molecule has 3 N–H and O–H groups in total. The molecule has 5 nitrogen and oxygen atoms in total. The molecule has 0 aromatic heterocycles. The van der Waals surface area contributed by atoms with E-state index < -0.39 is 11.9 Å². The summed E-state index contributed by atoms with van der Waals surface area (Å²) >= 11 is 3.32. The second-order valence-corrected chi connectivity index (χ2v) is 5.81. The van der Waals surface area contributed by atoms with Crippen molar-refractivity contribution >= 4 is 33.5 Å². The molecule has 1 aliphatic carbocycles. The molecular weight excluding hydrogens is 324 g/mol. The molecule has 108 valence electrons. The lowest BCUT2D eigenvalue weighted by Gasteiger charge is -2.31. The summed E-state index contributed by atoms with van der Waals surface area (Å²) in [6.45, 7) is -0.124. The second-order valence-electron chi connectivity index (χ2n) is 4.96. The van der Waals surface area contributed by atoms with Crippen molar-refractivity contribution in [3.05, 3.63) is 28.2 Å². The number of carboxylic acids is 1. The number of anilines is 1. The maximum Gasteiger partial charge on any atom is 0.323 e. The van der Waals surface area contributed by atoms with Crippen LogP contribution >= 0.6 is 15.9 Å². The maximum absolute atomic E-state index is 11.7. The molecule has 1 aliphatic rings. The highest BCUT2D eigenvalue weighted by atomic mass is 79.9. The zero-order valence-electron chi connectivity index (χ0n) is 11.0. The van der Waals surface area contributed by atoms with Gasteiger partial charge >= 0.3 is 5.97 Å². The summed E-state index contributed by atoms with van der Waals surface area (Å²) in [6, 6.07) is 5.43. The number of nitrogens with zero attached hydrogens (tertiary/aromatic N) is 1. The van der Waals surface area contributed by atoms with Gasteiger partial charge in [0.25, 0.3) is 5.91 Å². The van der Waals surface area contributed by atoms with Gasteiger partial charge in [-0.25, -0.2) is 0 Å². The van der Waals surface area contributed by atoms with Gasteiger partial charge in [-0.3, -0.25) is 9.59 Å². The Labute approximate surface area is 125 Å². The fraction of sp³-hybridized carbons (Fsp3) is 0.429. The summed E-state index contributed by atoms with van der Waals surface area (Å²) < 4.78 is 0.593. The molecule has 0 atom stereocenters. The van der Waals surface area contributed by atoms with E-state index in [1.54, 1.807) is 23.1 Å². The quantitative estimate of drug-likeness (QED) is 0.861. The highest BCUT2D eigenvalue weighted by Gasteiger charge is 2.28. The van der Waals surface area contributed by atoms with Gasteiger partial charge in [0.05, 0.1) is 11.3 Å². The first-order valence-corrected chi connectivity index (χ1v) is 7.36. The van der Waals surface area contributed by atoms with Crippen molar-refractivity contribution in [2.75, 3.05) is 11.4 Å². The van der Waals surface area contributed by atoms with Gasteiger partial charge in [0.15, 0.2) is 0 Å². The van der Waals surface area contributed by atoms with Crippen molar-refractivity contribution < 1.29 is 14.7 Å². The smallest absolute Gasteiger partial charge is 0.323 e. The second kappa shape index (κ2) is 6.26. The molecule has 1 aromatic carbocycles. The van der Waals surface area contributed by atoms with E-state index in [1.807, 2.05) is 0 Å². The molecule has 1 aromatic rings. The Morgan fingerprint density at radius 3 is 2.55 bits per heavy atom. The van der Waals surface area contributed by atoms with E-state index in [0.29, 0.717) is 15.7 Å². The zero-order valence-corrected chi connectivity index (χ0v) is 12.6. The molecule has 6 heteroatoms. The van der Waals surface area contributed by atoms with E-state index in [9.17, 15) is 9.59 Å². The third-order valence-corrected chi connectivity index (χ3v) is 4.28. The van der Waals surface area contributed by atoms with E-state index in [4.69, 9.17) is 10.8 Å². The van der Waals surface area contributed by atoms with Crippen LogP contribution in [0.4, 0.5) is 5.69 Å². The number of carbonyl (C=O) groups is 2. The number of carboxylic acid groups (broad SMARTS) is 1. The van der Waals surface area contributed by atoms with Gasteiger partial charge in [-0.1, -0.05) is 18.9 Å². The van der Waals surface area contributed by atoms with Gasteiger partial charge in [0.2, 0.25) is 0 Å². The molecule has 0 aliphatic heterocycles. The Morgan fingerprint density at radius 1 is 1.35 bits per heavy atom. The minimum atomic E-state index is -0.910. The first kappa shape index (κ1) is 14.8. The molecule has 0 heterocycles. The topological polar surface area (TPSA) is 83.6 Å². The molecule has 1 fully saturated rings. The molecule has 0 spiro atoms. The average Bonchev–Trinajstić information content (AvgIpc) is 2.88. The SMILES string of the molecule is NC(=O)c1c(Br)cccc1N(CC(=O)O)C1CCCC1. The molecule has 1 amide bonds. The van der Waals surface area contributed by atoms with Crippen LogP contribution in [-0.2, 0) is 4.79 Å². The highest BCUT2D eigenvalue weighted by Crippen LogP contribution is 2.33. The number of primary amides is 1. The van der Waals surface area contributed by atoms with E-state index in [-0.39, 0.29) is 12.6 Å². The van der Waals surface area contributed by atoms with Crippen molar-refractivity contribution in [3.8, 4) is 0 Å². The Bertz CT molecular complexity index is 527. The van der Waals surface area contributed by atoms with Crippen LogP contribution in [0.2, 0.25) is 0 Å². The molecule has 0 radical (unpaired) electrons. The van der Waals surface area contributed by atoms with Crippen molar-refractivity contribution in [1.82, 2.24) is 0 Å². The maximum atomic E-state index is 11.7. The van der Waals surface area contributed by atoms with Crippen LogP contribution in [0.1, 0.15) is 36.0 Å². The predicted octanol–water partition coefficient (Wildman–Crippen LogP) is 2.38. The number of nitrogens with two attached hydrogens (primary N) is 1. The summed E-state index contributed by atoms with van der Waals surface area (Å²) in [4.78, 5) is 24.6. The molecule has 2 rings (SSSR count). The summed E-state index contributed by atoms with van der Waals surface area (Å²) in [5.74, 6) is -1.46. The van der Waals surface area contributed by atoms with Crippen LogP contribution in [0.5, 0.6) is 0 Å². The van der Waals surface area contributed by atoms with Crippen molar-refractivity contribution in [1.29, 1.82) is 0 Å². The lowest BCUT2D eigenvalue weighted by Crippen LogP contribution is -2.39. The lowest BCUT2D eigenvalue weighted by molar-refractivity contribution is -0.135. The molecule has 0 bridgehead atoms. The van der Waals surface area contributed by atoms with Gasteiger partial charge in [-0.15, -0.1) is 0 Å². The van der Waals surface area contributed by atoms with E-state index in [1.165, 1.54) is 0 Å². The van der Waals surface area contributed by atoms with Crippen molar-refractivity contribution in [2.24, 2.45) is 5.73 Å². The van der Waals surface area contributed by atoms with Crippen molar-refractivity contribution in [2.45, 2.75) is 31.7 Å². The van der Waals surface area contributed by atoms with Crippen LogP contribution in [0.15, 0.2) is 22.7 Å². The molecule has 0 unspecified atom stereocenters. The lowest BCUT2D eigenvalue weighted by atomic mass is 10.1. The number of rotatable bonds is 5. The van der Waals surface area contributed by atoms with Gasteiger partial charge in [0, 0.05) is 10.5 Å². The average molecular weight is 341 g/mol. The van der Waals surface area contributed by atoms with Crippen LogP contribution in [0.25, 0.3) is 0 Å². The Balaban J connectivity index is 2.44. The van der Waals surface area contributed by atoms with Crippen LogP contribution in [0.3, 0.4) is 0 Å². The summed E-state index contributed by atoms with van der Waals surface area (Å²) in [5.41, 5.74) is 6.39. The normalized spacial score (nSPS) is 15.2.